The van der Waals surface area contributed by atoms with E-state index in [2.05, 4.69) is 29.3 Å². The summed E-state index contributed by atoms with van der Waals surface area (Å²) >= 11 is 0. The van der Waals surface area contributed by atoms with Crippen LogP contribution in [0.25, 0.3) is 11.4 Å². The van der Waals surface area contributed by atoms with E-state index in [0.29, 0.717) is 5.82 Å². The molecule has 2 aromatic rings. The topological polar surface area (TPSA) is 50.9 Å². The molecule has 2 heterocycles. The fourth-order valence-corrected chi connectivity index (χ4v) is 2.35. The van der Waals surface area contributed by atoms with E-state index in [4.69, 9.17) is 0 Å². The van der Waals surface area contributed by atoms with Gasteiger partial charge in [-0.05, 0) is 25.8 Å². The Morgan fingerprint density at radius 1 is 1.35 bits per heavy atom. The van der Waals surface area contributed by atoms with Crippen LogP contribution in [0, 0.1) is 6.92 Å². The Morgan fingerprint density at radius 2 is 2.24 bits per heavy atom. The van der Waals surface area contributed by atoms with Crippen LogP contribution in [0.2, 0.25) is 0 Å². The summed E-state index contributed by atoms with van der Waals surface area (Å²) in [7, 11) is 0. The van der Waals surface area contributed by atoms with Gasteiger partial charge in [0.1, 0.15) is 6.10 Å². The fourth-order valence-electron chi connectivity index (χ4n) is 2.35. The summed E-state index contributed by atoms with van der Waals surface area (Å²) in [5.41, 5.74) is 2.27. The number of rotatable bonds is 1. The van der Waals surface area contributed by atoms with E-state index >= 15 is 0 Å². The highest BCUT2D eigenvalue weighted by Crippen LogP contribution is 2.28. The molecule has 0 saturated heterocycles. The highest BCUT2D eigenvalue weighted by atomic mass is 16.3. The highest BCUT2D eigenvalue weighted by Gasteiger charge is 2.23. The van der Waals surface area contributed by atoms with Crippen LogP contribution < -0.4 is 0 Å². The first-order chi connectivity index (χ1) is 8.25. The summed E-state index contributed by atoms with van der Waals surface area (Å²) in [6.45, 7) is 2.95. The van der Waals surface area contributed by atoms with Crippen molar-refractivity contribution in [2.24, 2.45) is 0 Å². The third-order valence-electron chi connectivity index (χ3n) is 3.21. The molecule has 1 aromatic carbocycles. The Labute approximate surface area is 99.9 Å². The number of aliphatic hydroxyl groups is 1. The lowest BCUT2D eigenvalue weighted by atomic mass is 10.1. The van der Waals surface area contributed by atoms with Crippen molar-refractivity contribution >= 4 is 0 Å². The first-order valence-electron chi connectivity index (χ1n) is 5.94. The Kier molecular flexibility index (Phi) is 2.44. The smallest absolute Gasteiger partial charge is 0.164 e. The van der Waals surface area contributed by atoms with Gasteiger partial charge in [0.2, 0.25) is 0 Å². The molecule has 0 radical (unpaired) electrons. The van der Waals surface area contributed by atoms with Crippen LogP contribution in [-0.2, 0) is 6.54 Å². The number of fused-ring (bicyclic) bond motifs is 1. The molecule has 0 saturated carbocycles. The SMILES string of the molecule is Cc1cccc(-c2nnc3n2CCCC3O)c1. The van der Waals surface area contributed by atoms with Gasteiger partial charge in [0.15, 0.2) is 11.6 Å². The highest BCUT2D eigenvalue weighted by molar-refractivity contribution is 5.56. The quantitative estimate of drug-likeness (QED) is 0.814. The number of aromatic nitrogens is 3. The fraction of sp³-hybridized carbons (Fsp3) is 0.385. The predicted octanol–water partition coefficient (Wildman–Crippen LogP) is 2.08. The Morgan fingerprint density at radius 3 is 3.06 bits per heavy atom. The standard InChI is InChI=1S/C13H15N3O/c1-9-4-2-5-10(8-9)12-14-15-13-11(17)6-3-7-16(12)13/h2,4-5,8,11,17H,3,6-7H2,1H3. The predicted molar refractivity (Wildman–Crippen MR) is 64.4 cm³/mol. The maximum Gasteiger partial charge on any atom is 0.164 e. The molecule has 0 amide bonds. The van der Waals surface area contributed by atoms with Gasteiger partial charge >= 0.3 is 0 Å². The van der Waals surface area contributed by atoms with Crippen LogP contribution in [0.5, 0.6) is 0 Å². The molecule has 0 bridgehead atoms. The minimum Gasteiger partial charge on any atom is -0.385 e. The molecule has 1 aromatic heterocycles. The molecule has 1 unspecified atom stereocenters. The van der Waals surface area contributed by atoms with Gasteiger partial charge in [-0.15, -0.1) is 10.2 Å². The molecule has 0 fully saturated rings. The molecule has 17 heavy (non-hydrogen) atoms. The van der Waals surface area contributed by atoms with Gasteiger partial charge in [0.25, 0.3) is 0 Å². The maximum absolute atomic E-state index is 9.85. The second-order valence-electron chi connectivity index (χ2n) is 4.56. The number of aryl methyl sites for hydroxylation is 1. The normalized spacial score (nSPS) is 19.1. The Bertz CT molecular complexity index is 547. The van der Waals surface area contributed by atoms with Crippen molar-refractivity contribution in [3.63, 3.8) is 0 Å². The molecule has 3 rings (SSSR count). The van der Waals surface area contributed by atoms with Crippen molar-refractivity contribution in [1.29, 1.82) is 0 Å². The van der Waals surface area contributed by atoms with Gasteiger partial charge in [-0.2, -0.15) is 0 Å². The summed E-state index contributed by atoms with van der Waals surface area (Å²) in [5, 5.41) is 18.2. The molecule has 1 atom stereocenters. The lowest BCUT2D eigenvalue weighted by molar-refractivity contribution is 0.134. The van der Waals surface area contributed by atoms with Crippen molar-refractivity contribution < 1.29 is 5.11 Å². The molecule has 4 heteroatoms. The van der Waals surface area contributed by atoms with Gasteiger partial charge in [0.05, 0.1) is 0 Å². The zero-order valence-electron chi connectivity index (χ0n) is 9.80. The lowest BCUT2D eigenvalue weighted by Crippen LogP contribution is -2.16. The first-order valence-corrected chi connectivity index (χ1v) is 5.94. The van der Waals surface area contributed by atoms with Crippen LogP contribution in [0.4, 0.5) is 0 Å². The van der Waals surface area contributed by atoms with E-state index in [0.717, 1.165) is 30.8 Å². The number of hydrogen-bond donors (Lipinski definition) is 1. The number of benzene rings is 1. The van der Waals surface area contributed by atoms with Crippen LogP contribution in [0.15, 0.2) is 24.3 Å². The zero-order valence-corrected chi connectivity index (χ0v) is 9.80. The monoisotopic (exact) mass is 229 g/mol. The molecule has 1 N–H and O–H groups in total. The molecule has 4 nitrogen and oxygen atoms in total. The van der Waals surface area contributed by atoms with Crippen molar-refractivity contribution in [3.8, 4) is 11.4 Å². The van der Waals surface area contributed by atoms with Crippen LogP contribution in [0.3, 0.4) is 0 Å². The zero-order chi connectivity index (χ0) is 11.8. The minimum atomic E-state index is -0.463. The summed E-state index contributed by atoms with van der Waals surface area (Å²) in [5.74, 6) is 1.57. The van der Waals surface area contributed by atoms with E-state index in [1.807, 2.05) is 16.7 Å². The van der Waals surface area contributed by atoms with E-state index < -0.39 is 6.10 Å². The Balaban J connectivity index is 2.10. The first kappa shape index (κ1) is 10.5. The van der Waals surface area contributed by atoms with Crippen molar-refractivity contribution in [2.45, 2.75) is 32.4 Å². The molecular formula is C13H15N3O. The van der Waals surface area contributed by atoms with Crippen LogP contribution >= 0.6 is 0 Å². The second-order valence-corrected chi connectivity index (χ2v) is 4.56. The van der Waals surface area contributed by atoms with E-state index in [9.17, 15) is 5.11 Å². The largest absolute Gasteiger partial charge is 0.385 e. The Hall–Kier alpha value is -1.68. The summed E-state index contributed by atoms with van der Waals surface area (Å²) in [6, 6.07) is 8.21. The van der Waals surface area contributed by atoms with Gasteiger partial charge < -0.3 is 9.67 Å². The molecule has 1 aliphatic rings. The molecule has 88 valence electrons. The molecular weight excluding hydrogens is 214 g/mol. The average molecular weight is 229 g/mol. The third kappa shape index (κ3) is 1.74. The summed E-state index contributed by atoms with van der Waals surface area (Å²) in [4.78, 5) is 0. The lowest BCUT2D eigenvalue weighted by Gasteiger charge is -2.19. The van der Waals surface area contributed by atoms with E-state index in [1.54, 1.807) is 0 Å². The van der Waals surface area contributed by atoms with Gasteiger partial charge in [-0.1, -0.05) is 23.8 Å². The van der Waals surface area contributed by atoms with Crippen LogP contribution in [-0.4, -0.2) is 19.9 Å². The minimum absolute atomic E-state index is 0.463. The number of aliphatic hydroxyl groups excluding tert-OH is 1. The number of hydrogen-bond acceptors (Lipinski definition) is 3. The van der Waals surface area contributed by atoms with Crippen LogP contribution in [0.1, 0.15) is 30.3 Å². The van der Waals surface area contributed by atoms with E-state index in [-0.39, 0.29) is 0 Å². The molecule has 1 aliphatic heterocycles. The maximum atomic E-state index is 9.85. The number of nitrogens with zero attached hydrogens (tertiary/aromatic N) is 3. The second kappa shape index (κ2) is 3.96. The van der Waals surface area contributed by atoms with Gasteiger partial charge in [-0.3, -0.25) is 0 Å². The third-order valence-corrected chi connectivity index (χ3v) is 3.21. The van der Waals surface area contributed by atoms with Crippen molar-refractivity contribution in [3.05, 3.63) is 35.7 Å². The summed E-state index contributed by atoms with van der Waals surface area (Å²) in [6.07, 6.45) is 1.30. The van der Waals surface area contributed by atoms with E-state index in [1.165, 1.54) is 5.56 Å². The van der Waals surface area contributed by atoms with Gasteiger partial charge in [-0.25, -0.2) is 0 Å². The average Bonchev–Trinajstić information content (AvgIpc) is 2.74. The van der Waals surface area contributed by atoms with Gasteiger partial charge in [0, 0.05) is 12.1 Å². The van der Waals surface area contributed by atoms with Crippen molar-refractivity contribution in [2.75, 3.05) is 0 Å². The molecule has 0 aliphatic carbocycles. The molecule has 0 spiro atoms. The summed E-state index contributed by atoms with van der Waals surface area (Å²) < 4.78 is 2.03. The van der Waals surface area contributed by atoms with Crippen molar-refractivity contribution in [1.82, 2.24) is 14.8 Å².